The van der Waals surface area contributed by atoms with E-state index in [-0.39, 0.29) is 0 Å². The minimum absolute atomic E-state index is 0.333. The Morgan fingerprint density at radius 1 is 1.30 bits per heavy atom. The van der Waals surface area contributed by atoms with Crippen LogP contribution in [0.3, 0.4) is 0 Å². The summed E-state index contributed by atoms with van der Waals surface area (Å²) in [6.07, 6.45) is 0.888. The smallest absolute Gasteiger partial charge is 0.222 e. The number of hydrogen-bond donors (Lipinski definition) is 2. The number of hydrogen-bond acceptors (Lipinski definition) is 5. The first kappa shape index (κ1) is 13.3. The second-order valence-corrected chi connectivity index (χ2v) is 5.62. The molecule has 0 saturated carbocycles. The molecule has 6 heteroatoms. The topological polar surface area (TPSA) is 67.1 Å². The fourth-order valence-electron chi connectivity index (χ4n) is 2.46. The minimum Gasteiger partial charge on any atom is -0.368 e. The highest BCUT2D eigenvalue weighted by Crippen LogP contribution is 2.33. The summed E-state index contributed by atoms with van der Waals surface area (Å²) in [5, 5.41) is 3.36. The molecule has 0 spiro atoms. The van der Waals surface area contributed by atoms with Crippen LogP contribution in [0.15, 0.2) is 28.7 Å². The highest BCUT2D eigenvalue weighted by molar-refractivity contribution is 9.10. The highest BCUT2D eigenvalue weighted by atomic mass is 79.9. The molecule has 0 aliphatic carbocycles. The summed E-state index contributed by atoms with van der Waals surface area (Å²) in [6, 6.07) is 8.06. The molecule has 0 amide bonds. The number of halogens is 1. The zero-order valence-electron chi connectivity index (χ0n) is 11.2. The molecule has 5 nitrogen and oxygen atoms in total. The lowest BCUT2D eigenvalue weighted by Crippen LogP contribution is -2.28. The lowest BCUT2D eigenvalue weighted by molar-refractivity contribution is 0.627. The molecule has 104 valence electrons. The summed E-state index contributed by atoms with van der Waals surface area (Å²) in [4.78, 5) is 10.8. The van der Waals surface area contributed by atoms with Crippen molar-refractivity contribution in [3.05, 3.63) is 40.0 Å². The van der Waals surface area contributed by atoms with Gasteiger partial charge in [-0.2, -0.15) is 4.98 Å². The van der Waals surface area contributed by atoms with Crippen molar-refractivity contribution in [1.82, 2.24) is 15.3 Å². The van der Waals surface area contributed by atoms with E-state index >= 15 is 0 Å². The summed E-state index contributed by atoms with van der Waals surface area (Å²) >= 11 is 3.58. The predicted molar refractivity (Wildman–Crippen MR) is 84.1 cm³/mol. The molecule has 0 saturated heterocycles. The lowest BCUT2D eigenvalue weighted by atomic mass is 10.1. The summed E-state index contributed by atoms with van der Waals surface area (Å²) in [7, 11) is 2.00. The van der Waals surface area contributed by atoms with Gasteiger partial charge in [-0.15, -0.1) is 0 Å². The normalized spacial score (nSPS) is 13.9. The van der Waals surface area contributed by atoms with Crippen LogP contribution in [0.1, 0.15) is 11.3 Å². The van der Waals surface area contributed by atoms with Crippen LogP contribution in [0.2, 0.25) is 0 Å². The van der Waals surface area contributed by atoms with Crippen molar-refractivity contribution >= 4 is 33.4 Å². The molecule has 3 N–H and O–H groups in total. The Morgan fingerprint density at radius 2 is 2.10 bits per heavy atom. The van der Waals surface area contributed by atoms with Crippen LogP contribution in [-0.2, 0) is 13.0 Å². The van der Waals surface area contributed by atoms with Gasteiger partial charge < -0.3 is 16.0 Å². The molecule has 0 fully saturated rings. The summed E-state index contributed by atoms with van der Waals surface area (Å²) in [5.74, 6) is 1.20. The quantitative estimate of drug-likeness (QED) is 0.882. The van der Waals surface area contributed by atoms with Gasteiger partial charge in [0.15, 0.2) is 0 Å². The monoisotopic (exact) mass is 333 g/mol. The van der Waals surface area contributed by atoms with Gasteiger partial charge in [0.2, 0.25) is 5.95 Å². The number of anilines is 3. The fraction of sp³-hybridized carbons (Fsp3) is 0.286. The van der Waals surface area contributed by atoms with Gasteiger partial charge in [0.05, 0.1) is 11.4 Å². The van der Waals surface area contributed by atoms with Gasteiger partial charge in [0.25, 0.3) is 0 Å². The van der Waals surface area contributed by atoms with Crippen molar-refractivity contribution in [2.75, 3.05) is 24.2 Å². The molecular formula is C14H16BrN5. The number of benzene rings is 1. The van der Waals surface area contributed by atoms with Crippen molar-refractivity contribution in [3.63, 3.8) is 0 Å². The second-order valence-electron chi connectivity index (χ2n) is 4.77. The van der Waals surface area contributed by atoms with Crippen molar-refractivity contribution in [1.29, 1.82) is 0 Å². The van der Waals surface area contributed by atoms with Gasteiger partial charge >= 0.3 is 0 Å². The Balaban J connectivity index is 2.10. The van der Waals surface area contributed by atoms with Crippen LogP contribution >= 0.6 is 15.9 Å². The van der Waals surface area contributed by atoms with Crippen LogP contribution < -0.4 is 16.0 Å². The SMILES string of the molecule is CN(c1ccccc1Br)c1nc(N)nc2c1CNCC2. The number of nitrogen functional groups attached to an aromatic ring is 1. The predicted octanol–water partition coefficient (Wildman–Crippen LogP) is 2.23. The maximum atomic E-state index is 5.86. The zero-order chi connectivity index (χ0) is 14.1. The van der Waals surface area contributed by atoms with E-state index in [4.69, 9.17) is 5.73 Å². The van der Waals surface area contributed by atoms with Gasteiger partial charge in [0.1, 0.15) is 5.82 Å². The van der Waals surface area contributed by atoms with E-state index in [1.54, 1.807) is 0 Å². The molecule has 2 aromatic rings. The maximum Gasteiger partial charge on any atom is 0.222 e. The molecule has 3 rings (SSSR count). The average Bonchev–Trinajstić information content (AvgIpc) is 2.46. The molecule has 2 heterocycles. The molecule has 20 heavy (non-hydrogen) atoms. The fourth-order valence-corrected chi connectivity index (χ4v) is 3.01. The average molecular weight is 334 g/mol. The summed E-state index contributed by atoms with van der Waals surface area (Å²) < 4.78 is 1.03. The third-order valence-electron chi connectivity index (χ3n) is 3.46. The second kappa shape index (κ2) is 5.38. The number of nitrogens with one attached hydrogen (secondary N) is 1. The summed E-state index contributed by atoms with van der Waals surface area (Å²) in [6.45, 7) is 1.71. The van der Waals surface area contributed by atoms with Crippen LogP contribution in [0.25, 0.3) is 0 Å². The molecule has 0 unspecified atom stereocenters. The van der Waals surface area contributed by atoms with Crippen LogP contribution in [0.5, 0.6) is 0 Å². The van der Waals surface area contributed by atoms with E-state index < -0.39 is 0 Å². The standard InChI is InChI=1S/C14H16BrN5/c1-20(12-5-3-2-4-10(12)15)13-9-8-17-7-6-11(9)18-14(16)19-13/h2-5,17H,6-8H2,1H3,(H2,16,18,19). The van der Waals surface area contributed by atoms with Crippen LogP contribution in [-0.4, -0.2) is 23.6 Å². The third-order valence-corrected chi connectivity index (χ3v) is 4.13. The first-order valence-electron chi connectivity index (χ1n) is 6.51. The number of nitrogens with zero attached hydrogens (tertiary/aromatic N) is 3. The lowest BCUT2D eigenvalue weighted by Gasteiger charge is -2.26. The molecule has 1 aliphatic heterocycles. The van der Waals surface area contributed by atoms with E-state index in [9.17, 15) is 0 Å². The molecule has 1 aromatic carbocycles. The van der Waals surface area contributed by atoms with E-state index in [1.807, 2.05) is 36.2 Å². The van der Waals surface area contributed by atoms with Gasteiger partial charge in [-0.05, 0) is 28.1 Å². The first-order chi connectivity index (χ1) is 9.66. The molecular weight excluding hydrogens is 318 g/mol. The highest BCUT2D eigenvalue weighted by Gasteiger charge is 2.20. The molecule has 0 atom stereocenters. The summed E-state index contributed by atoms with van der Waals surface area (Å²) in [5.41, 5.74) is 9.08. The molecule has 1 aliphatic rings. The number of para-hydroxylation sites is 1. The Kier molecular flexibility index (Phi) is 3.58. The van der Waals surface area contributed by atoms with Crippen molar-refractivity contribution in [2.45, 2.75) is 13.0 Å². The van der Waals surface area contributed by atoms with Crippen molar-refractivity contribution < 1.29 is 0 Å². The van der Waals surface area contributed by atoms with Crippen LogP contribution in [0, 0.1) is 0 Å². The number of fused-ring (bicyclic) bond motifs is 1. The van der Waals surface area contributed by atoms with Crippen molar-refractivity contribution in [3.8, 4) is 0 Å². The zero-order valence-corrected chi connectivity index (χ0v) is 12.8. The maximum absolute atomic E-state index is 5.86. The third kappa shape index (κ3) is 2.36. The van der Waals surface area contributed by atoms with E-state index in [1.165, 1.54) is 0 Å². The van der Waals surface area contributed by atoms with Gasteiger partial charge in [-0.1, -0.05) is 12.1 Å². The number of aromatic nitrogens is 2. The van der Waals surface area contributed by atoms with Gasteiger partial charge in [-0.3, -0.25) is 0 Å². The molecule has 0 bridgehead atoms. The molecule has 1 aromatic heterocycles. The molecule has 0 radical (unpaired) electrons. The number of rotatable bonds is 2. The Morgan fingerprint density at radius 3 is 2.90 bits per heavy atom. The first-order valence-corrected chi connectivity index (χ1v) is 7.30. The van der Waals surface area contributed by atoms with E-state index in [0.717, 1.165) is 46.7 Å². The Hall–Kier alpha value is -1.66. The Bertz CT molecular complexity index is 643. The number of nitrogens with two attached hydrogens (primary N) is 1. The minimum atomic E-state index is 0.333. The van der Waals surface area contributed by atoms with Gasteiger partial charge in [0, 0.05) is 36.6 Å². The van der Waals surface area contributed by atoms with Crippen molar-refractivity contribution in [2.24, 2.45) is 0 Å². The largest absolute Gasteiger partial charge is 0.368 e. The van der Waals surface area contributed by atoms with Crippen LogP contribution in [0.4, 0.5) is 17.5 Å². The van der Waals surface area contributed by atoms with E-state index in [2.05, 4.69) is 31.2 Å². The Labute approximate surface area is 126 Å². The van der Waals surface area contributed by atoms with E-state index in [0.29, 0.717) is 5.95 Å². The van der Waals surface area contributed by atoms with Gasteiger partial charge in [-0.25, -0.2) is 4.98 Å².